The summed E-state index contributed by atoms with van der Waals surface area (Å²) in [6.45, 7) is 3.08. The zero-order valence-corrected chi connectivity index (χ0v) is 20.8. The van der Waals surface area contributed by atoms with Crippen molar-refractivity contribution in [2.75, 3.05) is 41.5 Å². The van der Waals surface area contributed by atoms with Crippen LogP contribution in [0.15, 0.2) is 60.7 Å². The Hall–Kier alpha value is -3.29. The van der Waals surface area contributed by atoms with Crippen LogP contribution in [0, 0.1) is 5.82 Å². The first-order chi connectivity index (χ1) is 17.1. The molecule has 1 heterocycles. The summed E-state index contributed by atoms with van der Waals surface area (Å²) in [5.74, 6) is 2.81. The Balaban J connectivity index is 1.68. The predicted molar refractivity (Wildman–Crippen MR) is 134 cm³/mol. The van der Waals surface area contributed by atoms with E-state index in [2.05, 4.69) is 9.80 Å². The molecule has 1 saturated heterocycles. The van der Waals surface area contributed by atoms with Gasteiger partial charge in [-0.25, -0.2) is 4.39 Å². The summed E-state index contributed by atoms with van der Waals surface area (Å²) in [7, 11) is 6.62. The molecule has 0 aromatic heterocycles. The fourth-order valence-corrected chi connectivity index (χ4v) is 4.77. The van der Waals surface area contributed by atoms with Gasteiger partial charge in [-0.2, -0.15) is 0 Å². The highest BCUT2D eigenvalue weighted by molar-refractivity contribution is 5.42. The lowest BCUT2D eigenvalue weighted by Gasteiger charge is -2.44. The maximum absolute atomic E-state index is 14.3. The topological polar surface area (TPSA) is 43.4 Å². The van der Waals surface area contributed by atoms with Crippen molar-refractivity contribution >= 4 is 0 Å². The van der Waals surface area contributed by atoms with Crippen LogP contribution in [0.25, 0.3) is 0 Å². The molecule has 186 valence electrons. The first-order valence-corrected chi connectivity index (χ1v) is 11.7. The van der Waals surface area contributed by atoms with E-state index >= 15 is 0 Å². The molecule has 0 saturated carbocycles. The van der Waals surface area contributed by atoms with Gasteiger partial charge in [0.25, 0.3) is 0 Å². The maximum Gasteiger partial charge on any atom is 0.127 e. The normalized spacial score (nSPS) is 15.1. The summed E-state index contributed by atoms with van der Waals surface area (Å²) in [6, 6.07) is 18.6. The number of ether oxygens (including phenoxy) is 4. The number of halogens is 1. The molecule has 0 N–H and O–H groups in total. The zero-order valence-electron chi connectivity index (χ0n) is 20.8. The van der Waals surface area contributed by atoms with E-state index in [9.17, 15) is 4.39 Å². The van der Waals surface area contributed by atoms with E-state index in [0.717, 1.165) is 59.2 Å². The average Bonchev–Trinajstić information content (AvgIpc) is 2.89. The van der Waals surface area contributed by atoms with Crippen LogP contribution in [-0.2, 0) is 13.1 Å². The fraction of sp³-hybridized carbons (Fsp3) is 0.357. The first kappa shape index (κ1) is 24.8. The molecule has 0 spiro atoms. The molecular weight excluding hydrogens is 447 g/mol. The molecule has 1 aliphatic rings. The Morgan fingerprint density at radius 1 is 0.714 bits per heavy atom. The lowest BCUT2D eigenvalue weighted by Crippen LogP contribution is -2.47. The van der Waals surface area contributed by atoms with Gasteiger partial charge < -0.3 is 18.9 Å². The summed E-state index contributed by atoms with van der Waals surface area (Å²) in [4.78, 5) is 4.75. The average molecular weight is 481 g/mol. The monoisotopic (exact) mass is 480 g/mol. The van der Waals surface area contributed by atoms with Crippen molar-refractivity contribution in [1.82, 2.24) is 9.80 Å². The molecule has 1 aliphatic heterocycles. The van der Waals surface area contributed by atoms with Crippen molar-refractivity contribution in [3.05, 3.63) is 83.2 Å². The summed E-state index contributed by atoms with van der Waals surface area (Å²) in [6.07, 6.45) is 0.876. The van der Waals surface area contributed by atoms with E-state index in [4.69, 9.17) is 18.9 Å². The van der Waals surface area contributed by atoms with Gasteiger partial charge in [0, 0.05) is 49.4 Å². The molecule has 7 heteroatoms. The second kappa shape index (κ2) is 11.4. The van der Waals surface area contributed by atoms with Gasteiger partial charge in [0.1, 0.15) is 28.8 Å². The van der Waals surface area contributed by atoms with Crippen LogP contribution in [0.5, 0.6) is 23.0 Å². The van der Waals surface area contributed by atoms with Gasteiger partial charge in [0.15, 0.2) is 0 Å². The molecule has 1 fully saturated rings. The highest BCUT2D eigenvalue weighted by Gasteiger charge is 2.32. The standard InChI is InChI=1S/C28H33FN2O4/c1-32-24-11-9-21(26(16-24)34-3)18-30-13-6-14-31(28(30)20-7-5-8-23(29)15-20)19-22-10-12-25(33-2)17-27(22)35-4/h5,7-12,15-17,28H,6,13-14,18-19H2,1-4H3. The van der Waals surface area contributed by atoms with Crippen molar-refractivity contribution in [1.29, 1.82) is 0 Å². The minimum Gasteiger partial charge on any atom is -0.497 e. The molecule has 0 radical (unpaired) electrons. The van der Waals surface area contributed by atoms with E-state index in [1.54, 1.807) is 40.6 Å². The van der Waals surface area contributed by atoms with Crippen LogP contribution in [0.4, 0.5) is 4.39 Å². The molecule has 35 heavy (non-hydrogen) atoms. The molecule has 0 unspecified atom stereocenters. The Kier molecular flexibility index (Phi) is 8.10. The maximum atomic E-state index is 14.3. The predicted octanol–water partition coefficient (Wildman–Crippen LogP) is 5.27. The summed E-state index contributed by atoms with van der Waals surface area (Å²) >= 11 is 0. The van der Waals surface area contributed by atoms with Gasteiger partial charge in [-0.15, -0.1) is 0 Å². The second-order valence-corrected chi connectivity index (χ2v) is 8.58. The molecular formula is C28H33FN2O4. The van der Waals surface area contributed by atoms with Crippen molar-refractivity contribution in [3.63, 3.8) is 0 Å². The Bertz CT molecular complexity index is 1070. The van der Waals surface area contributed by atoms with Crippen LogP contribution in [0.1, 0.15) is 29.3 Å². The third kappa shape index (κ3) is 5.69. The minimum absolute atomic E-state index is 0.113. The quantitative estimate of drug-likeness (QED) is 0.416. The number of benzene rings is 3. The van der Waals surface area contributed by atoms with Crippen molar-refractivity contribution in [3.8, 4) is 23.0 Å². The highest BCUT2D eigenvalue weighted by atomic mass is 19.1. The molecule has 0 atom stereocenters. The summed E-state index contributed by atoms with van der Waals surface area (Å²) in [5, 5.41) is 0. The first-order valence-electron chi connectivity index (χ1n) is 11.7. The molecule has 0 aliphatic carbocycles. The molecule has 0 amide bonds. The van der Waals surface area contributed by atoms with Crippen molar-refractivity contribution in [2.24, 2.45) is 0 Å². The third-order valence-corrected chi connectivity index (χ3v) is 6.46. The van der Waals surface area contributed by atoms with Crippen LogP contribution in [0.3, 0.4) is 0 Å². The second-order valence-electron chi connectivity index (χ2n) is 8.58. The van der Waals surface area contributed by atoms with Gasteiger partial charge in [0.2, 0.25) is 0 Å². The van der Waals surface area contributed by atoms with E-state index in [1.807, 2.05) is 42.5 Å². The van der Waals surface area contributed by atoms with Gasteiger partial charge in [0.05, 0.1) is 34.6 Å². The molecule has 6 nitrogen and oxygen atoms in total. The molecule has 3 aromatic carbocycles. The van der Waals surface area contributed by atoms with Crippen LogP contribution < -0.4 is 18.9 Å². The van der Waals surface area contributed by atoms with E-state index in [0.29, 0.717) is 13.1 Å². The highest BCUT2D eigenvalue weighted by Crippen LogP contribution is 2.36. The molecule has 4 rings (SSSR count). The van der Waals surface area contributed by atoms with Crippen LogP contribution in [0.2, 0.25) is 0 Å². The molecule has 0 bridgehead atoms. The number of nitrogens with zero attached hydrogens (tertiary/aromatic N) is 2. The number of hydrogen-bond donors (Lipinski definition) is 0. The van der Waals surface area contributed by atoms with E-state index in [-0.39, 0.29) is 12.0 Å². The number of methoxy groups -OCH3 is 4. The van der Waals surface area contributed by atoms with Crippen molar-refractivity contribution in [2.45, 2.75) is 25.7 Å². The van der Waals surface area contributed by atoms with E-state index in [1.165, 1.54) is 6.07 Å². The SMILES string of the molecule is COc1ccc(CN2CCCN(Cc3ccc(OC)cc3OC)C2c2cccc(F)c2)c(OC)c1. The summed E-state index contributed by atoms with van der Waals surface area (Å²) in [5.41, 5.74) is 3.03. The third-order valence-electron chi connectivity index (χ3n) is 6.46. The minimum atomic E-state index is -0.239. The largest absolute Gasteiger partial charge is 0.497 e. The lowest BCUT2D eigenvalue weighted by atomic mass is 10.0. The Morgan fingerprint density at radius 3 is 1.71 bits per heavy atom. The number of hydrogen-bond acceptors (Lipinski definition) is 6. The van der Waals surface area contributed by atoms with Crippen LogP contribution >= 0.6 is 0 Å². The number of rotatable bonds is 9. The van der Waals surface area contributed by atoms with Gasteiger partial charge >= 0.3 is 0 Å². The zero-order chi connectivity index (χ0) is 24.8. The van der Waals surface area contributed by atoms with Gasteiger partial charge in [-0.1, -0.05) is 24.3 Å². The Morgan fingerprint density at radius 2 is 1.26 bits per heavy atom. The van der Waals surface area contributed by atoms with Gasteiger partial charge in [-0.05, 0) is 36.2 Å². The van der Waals surface area contributed by atoms with Gasteiger partial charge in [-0.3, -0.25) is 9.80 Å². The summed E-state index contributed by atoms with van der Waals surface area (Å²) < 4.78 is 36.4. The fourth-order valence-electron chi connectivity index (χ4n) is 4.77. The van der Waals surface area contributed by atoms with Crippen molar-refractivity contribution < 1.29 is 23.3 Å². The van der Waals surface area contributed by atoms with Crippen LogP contribution in [-0.4, -0.2) is 51.3 Å². The Labute approximate surface area is 206 Å². The lowest BCUT2D eigenvalue weighted by molar-refractivity contribution is -0.00994. The molecule has 3 aromatic rings. The van der Waals surface area contributed by atoms with E-state index < -0.39 is 0 Å². The smallest absolute Gasteiger partial charge is 0.127 e.